The maximum atomic E-state index is 5.73. The van der Waals surface area contributed by atoms with Gasteiger partial charge in [0.25, 0.3) is 0 Å². The molecule has 0 unspecified atom stereocenters. The summed E-state index contributed by atoms with van der Waals surface area (Å²) in [5, 5.41) is 1.87. The van der Waals surface area contributed by atoms with Gasteiger partial charge < -0.3 is 14.9 Å². The highest BCUT2D eigenvalue weighted by atomic mass is 32.1. The molecule has 2 N–H and O–H groups in total. The first-order chi connectivity index (χ1) is 12.8. The molecule has 0 saturated carbocycles. The summed E-state index contributed by atoms with van der Waals surface area (Å²) >= 11 is 3.18. The van der Waals surface area contributed by atoms with Crippen LogP contribution in [0.4, 0.5) is 0 Å². The Bertz CT molecular complexity index is 932. The van der Waals surface area contributed by atoms with E-state index in [1.807, 2.05) is 62.4 Å². The molecule has 0 bridgehead atoms. The number of rotatable bonds is 6. The molecule has 0 atom stereocenters. The van der Waals surface area contributed by atoms with E-state index < -0.39 is 0 Å². The van der Waals surface area contributed by atoms with E-state index in [1.54, 1.807) is 22.7 Å². The van der Waals surface area contributed by atoms with E-state index >= 15 is 0 Å². The zero-order valence-corrected chi connectivity index (χ0v) is 16.7. The molecule has 2 aromatic heterocycles. The van der Waals surface area contributed by atoms with Gasteiger partial charge in [0.05, 0.1) is 24.3 Å². The monoisotopic (exact) mass is 400 g/mol. The highest BCUT2D eigenvalue weighted by Gasteiger charge is 2.17. The van der Waals surface area contributed by atoms with Crippen molar-refractivity contribution in [3.63, 3.8) is 0 Å². The number of hydrogen-bond acceptors (Lipinski definition) is 6. The first-order valence-electron chi connectivity index (χ1n) is 8.52. The molecule has 4 aromatic rings. The van der Waals surface area contributed by atoms with Gasteiger partial charge in [-0.15, -0.1) is 0 Å². The first kappa shape index (κ1) is 19.3. The van der Waals surface area contributed by atoms with Crippen LogP contribution in [-0.4, -0.2) is 28.7 Å². The number of para-hydroxylation sites is 2. The van der Waals surface area contributed by atoms with E-state index in [1.165, 1.54) is 0 Å². The van der Waals surface area contributed by atoms with Gasteiger partial charge in [0, 0.05) is 0 Å². The van der Waals surface area contributed by atoms with Gasteiger partial charge in [-0.3, -0.25) is 0 Å². The summed E-state index contributed by atoms with van der Waals surface area (Å²) in [7, 11) is 0. The van der Waals surface area contributed by atoms with Crippen LogP contribution in [0.3, 0.4) is 0 Å². The van der Waals surface area contributed by atoms with Crippen LogP contribution in [0.2, 0.25) is 0 Å². The Balaban J connectivity index is 0.00000210. The third kappa shape index (κ3) is 3.80. The van der Waals surface area contributed by atoms with Gasteiger partial charge in [0.15, 0.2) is 9.66 Å². The van der Waals surface area contributed by atoms with Gasteiger partial charge in [-0.05, 0) is 38.1 Å². The van der Waals surface area contributed by atoms with Gasteiger partial charge in [0.2, 0.25) is 0 Å². The molecule has 0 aliphatic heterocycles. The molecule has 0 aliphatic carbocycles. The second-order valence-electron chi connectivity index (χ2n) is 5.51. The number of fused-ring (bicyclic) bond motifs is 1. The van der Waals surface area contributed by atoms with Crippen molar-refractivity contribution in [3.8, 4) is 32.6 Å². The fourth-order valence-electron chi connectivity index (χ4n) is 2.72. The van der Waals surface area contributed by atoms with Crippen molar-refractivity contribution < 1.29 is 14.9 Å². The number of benzene rings is 2. The summed E-state index contributed by atoms with van der Waals surface area (Å²) < 4.78 is 11.5. The third-order valence-electron chi connectivity index (χ3n) is 3.81. The second kappa shape index (κ2) is 8.47. The molecule has 2 aromatic carbocycles. The standard InChI is InChI=1S/C20H18N2O2S2.H2O/c1-3-23-15-11-7-5-9-13(15)17-21-19-20(25-17)22-18(26-19)14-10-6-8-12-16(14)24-4-2;/h5-12H,3-4H2,1-2H3;1H2. The van der Waals surface area contributed by atoms with E-state index in [9.17, 15) is 0 Å². The predicted molar refractivity (Wildman–Crippen MR) is 112 cm³/mol. The molecular formula is C20H20N2O3S2. The van der Waals surface area contributed by atoms with Crippen molar-refractivity contribution in [2.45, 2.75) is 13.8 Å². The van der Waals surface area contributed by atoms with E-state index in [0.29, 0.717) is 13.2 Å². The summed E-state index contributed by atoms with van der Waals surface area (Å²) in [6, 6.07) is 16.0. The van der Waals surface area contributed by atoms with Gasteiger partial charge in [-0.25, -0.2) is 9.97 Å². The maximum absolute atomic E-state index is 5.73. The Morgan fingerprint density at radius 1 is 0.704 bits per heavy atom. The van der Waals surface area contributed by atoms with Gasteiger partial charge in [0.1, 0.15) is 21.5 Å². The molecule has 4 rings (SSSR count). The molecule has 7 heteroatoms. The summed E-state index contributed by atoms with van der Waals surface area (Å²) in [5.74, 6) is 1.72. The van der Waals surface area contributed by atoms with Crippen LogP contribution < -0.4 is 9.47 Å². The average Bonchev–Trinajstić information content (AvgIpc) is 3.22. The molecule has 27 heavy (non-hydrogen) atoms. The fourth-order valence-corrected chi connectivity index (χ4v) is 4.82. The smallest absolute Gasteiger partial charge is 0.155 e. The molecule has 0 aliphatic rings. The summed E-state index contributed by atoms with van der Waals surface area (Å²) in [6.45, 7) is 5.24. The molecule has 0 amide bonds. The Morgan fingerprint density at radius 2 is 1.11 bits per heavy atom. The Morgan fingerprint density at radius 3 is 1.52 bits per heavy atom. The topological polar surface area (TPSA) is 75.7 Å². The zero-order chi connectivity index (χ0) is 17.9. The SMILES string of the molecule is CCOc1ccccc1-c1nc2sc(-c3ccccc3OCC)nc2s1.O. The largest absolute Gasteiger partial charge is 0.493 e. The van der Waals surface area contributed by atoms with Crippen molar-refractivity contribution in [2.75, 3.05) is 13.2 Å². The summed E-state index contributed by atoms with van der Waals surface area (Å²) in [5.41, 5.74) is 2.03. The minimum atomic E-state index is 0. The van der Waals surface area contributed by atoms with Crippen molar-refractivity contribution >= 4 is 32.3 Å². The van der Waals surface area contributed by atoms with Crippen molar-refractivity contribution in [1.82, 2.24) is 9.97 Å². The number of nitrogens with zero attached hydrogens (tertiary/aromatic N) is 2. The minimum Gasteiger partial charge on any atom is -0.493 e. The molecular weight excluding hydrogens is 380 g/mol. The first-order valence-corrected chi connectivity index (χ1v) is 10.1. The van der Waals surface area contributed by atoms with Gasteiger partial charge in [-0.1, -0.05) is 46.9 Å². The number of thiazole rings is 2. The number of ether oxygens (including phenoxy) is 2. The summed E-state index contributed by atoms with van der Waals surface area (Å²) in [4.78, 5) is 11.5. The second-order valence-corrected chi connectivity index (χ2v) is 7.46. The van der Waals surface area contributed by atoms with Crippen LogP contribution in [0.15, 0.2) is 48.5 Å². The maximum Gasteiger partial charge on any atom is 0.155 e. The lowest BCUT2D eigenvalue weighted by Crippen LogP contribution is -1.93. The molecule has 0 saturated heterocycles. The predicted octanol–water partition coefficient (Wildman–Crippen LogP) is 5.06. The van der Waals surface area contributed by atoms with Crippen molar-refractivity contribution in [2.24, 2.45) is 0 Å². The zero-order valence-electron chi connectivity index (χ0n) is 15.1. The van der Waals surface area contributed by atoms with Gasteiger partial charge in [-0.2, -0.15) is 0 Å². The third-order valence-corrected chi connectivity index (χ3v) is 5.90. The van der Waals surface area contributed by atoms with Crippen LogP contribution in [0.1, 0.15) is 13.8 Å². The Labute approximate surface area is 165 Å². The minimum absolute atomic E-state index is 0. The average molecular weight is 401 g/mol. The lowest BCUT2D eigenvalue weighted by atomic mass is 10.2. The van der Waals surface area contributed by atoms with E-state index in [2.05, 4.69) is 0 Å². The molecule has 2 heterocycles. The van der Waals surface area contributed by atoms with Crippen LogP contribution in [0.5, 0.6) is 11.5 Å². The van der Waals surface area contributed by atoms with Crippen molar-refractivity contribution in [3.05, 3.63) is 48.5 Å². The Hall–Kier alpha value is -2.48. The number of aromatic nitrogens is 2. The molecule has 0 radical (unpaired) electrons. The number of hydrogen-bond donors (Lipinski definition) is 0. The quantitative estimate of drug-likeness (QED) is 0.453. The summed E-state index contributed by atoms with van der Waals surface area (Å²) in [6.07, 6.45) is 0. The molecule has 0 fully saturated rings. The van der Waals surface area contributed by atoms with E-state index in [4.69, 9.17) is 19.4 Å². The van der Waals surface area contributed by atoms with Crippen molar-refractivity contribution in [1.29, 1.82) is 0 Å². The Kier molecular flexibility index (Phi) is 6.05. The van der Waals surface area contributed by atoms with Crippen LogP contribution in [-0.2, 0) is 0 Å². The van der Waals surface area contributed by atoms with Crippen LogP contribution >= 0.6 is 22.7 Å². The lowest BCUT2D eigenvalue weighted by Gasteiger charge is -2.07. The van der Waals surface area contributed by atoms with Crippen LogP contribution in [0, 0.1) is 0 Å². The van der Waals surface area contributed by atoms with E-state index in [0.717, 1.165) is 42.3 Å². The van der Waals surface area contributed by atoms with Gasteiger partial charge >= 0.3 is 0 Å². The highest BCUT2D eigenvalue weighted by Crippen LogP contribution is 2.41. The fraction of sp³-hybridized carbons (Fsp3) is 0.200. The van der Waals surface area contributed by atoms with Crippen LogP contribution in [0.25, 0.3) is 30.8 Å². The normalized spacial score (nSPS) is 10.6. The molecule has 5 nitrogen and oxygen atoms in total. The van der Waals surface area contributed by atoms with E-state index in [-0.39, 0.29) is 5.48 Å². The highest BCUT2D eigenvalue weighted by molar-refractivity contribution is 7.29. The lowest BCUT2D eigenvalue weighted by molar-refractivity contribution is 0.341. The molecule has 140 valence electrons. The molecule has 0 spiro atoms.